The van der Waals surface area contributed by atoms with Crippen molar-refractivity contribution in [1.29, 1.82) is 0 Å². The van der Waals surface area contributed by atoms with Crippen molar-refractivity contribution < 1.29 is 9.18 Å². The summed E-state index contributed by atoms with van der Waals surface area (Å²) in [5.74, 6) is -1.08. The predicted molar refractivity (Wildman–Crippen MR) is 121 cm³/mol. The summed E-state index contributed by atoms with van der Waals surface area (Å²) < 4.78 is 15.7. The standard InChI is InChI=1S/C21H18FN5O2S2/c22-13-6-1-2-7-14(13)23-16(28)12-27-20(29)18-19(17(25-27)15-8-5-11-30-15)31-21(24-18)26-9-3-4-10-26/h1-2,5-8,11H,3-4,9-10,12H2,(H,23,28). The Hall–Kier alpha value is -3.11. The van der Waals surface area contributed by atoms with Crippen LogP contribution in [0, 0.1) is 5.82 Å². The minimum atomic E-state index is -0.541. The first-order chi connectivity index (χ1) is 15.1. The van der Waals surface area contributed by atoms with Crippen LogP contribution in [0.2, 0.25) is 0 Å². The van der Waals surface area contributed by atoms with Gasteiger partial charge in [0.25, 0.3) is 5.56 Å². The zero-order valence-electron chi connectivity index (χ0n) is 16.4. The number of hydrogen-bond donors (Lipinski definition) is 1. The van der Waals surface area contributed by atoms with E-state index in [-0.39, 0.29) is 12.2 Å². The maximum absolute atomic E-state index is 13.9. The van der Waals surface area contributed by atoms with Crippen LogP contribution in [0.5, 0.6) is 0 Å². The zero-order valence-corrected chi connectivity index (χ0v) is 18.0. The zero-order chi connectivity index (χ0) is 21.4. The van der Waals surface area contributed by atoms with E-state index in [0.29, 0.717) is 11.2 Å². The molecule has 1 fully saturated rings. The van der Waals surface area contributed by atoms with Gasteiger partial charge in [-0.15, -0.1) is 11.3 Å². The van der Waals surface area contributed by atoms with E-state index in [0.717, 1.165) is 45.3 Å². The third-order valence-corrected chi connectivity index (χ3v) is 7.06. The van der Waals surface area contributed by atoms with Gasteiger partial charge < -0.3 is 10.2 Å². The number of thiophene rings is 1. The fraction of sp³-hybridized carbons (Fsp3) is 0.238. The van der Waals surface area contributed by atoms with Crippen molar-refractivity contribution >= 4 is 49.6 Å². The second-order valence-electron chi connectivity index (χ2n) is 7.19. The minimum Gasteiger partial charge on any atom is -0.348 e. The number of fused-ring (bicyclic) bond motifs is 1. The molecule has 0 unspecified atom stereocenters. The van der Waals surface area contributed by atoms with E-state index in [1.165, 1.54) is 34.8 Å². The lowest BCUT2D eigenvalue weighted by Gasteiger charge is -2.11. The molecule has 1 aliphatic heterocycles. The summed E-state index contributed by atoms with van der Waals surface area (Å²) >= 11 is 2.97. The Morgan fingerprint density at radius 3 is 2.71 bits per heavy atom. The Bertz CT molecular complexity index is 1310. The molecule has 1 aliphatic rings. The topological polar surface area (TPSA) is 80.1 Å². The summed E-state index contributed by atoms with van der Waals surface area (Å²) in [6, 6.07) is 9.73. The highest BCUT2D eigenvalue weighted by molar-refractivity contribution is 7.23. The van der Waals surface area contributed by atoms with Crippen molar-refractivity contribution in [3.8, 4) is 10.6 Å². The molecular weight excluding hydrogens is 437 g/mol. The molecule has 1 saturated heterocycles. The highest BCUT2D eigenvalue weighted by Crippen LogP contribution is 2.36. The number of amides is 1. The van der Waals surface area contributed by atoms with E-state index in [1.807, 2.05) is 17.5 Å². The fourth-order valence-corrected chi connectivity index (χ4v) is 5.45. The number of nitrogens with one attached hydrogen (secondary N) is 1. The van der Waals surface area contributed by atoms with Gasteiger partial charge >= 0.3 is 0 Å². The summed E-state index contributed by atoms with van der Waals surface area (Å²) in [6.45, 7) is 1.50. The van der Waals surface area contributed by atoms with Gasteiger partial charge in [0.05, 0.1) is 15.3 Å². The number of anilines is 2. The maximum Gasteiger partial charge on any atom is 0.294 e. The van der Waals surface area contributed by atoms with Gasteiger partial charge in [-0.2, -0.15) is 5.10 Å². The SMILES string of the molecule is O=C(Cn1nc(-c2cccs2)c2sc(N3CCCC3)nc2c1=O)Nc1ccccc1F. The number of nitrogens with zero attached hydrogens (tertiary/aromatic N) is 4. The molecule has 31 heavy (non-hydrogen) atoms. The van der Waals surface area contributed by atoms with Crippen LogP contribution in [-0.4, -0.2) is 33.8 Å². The molecule has 0 saturated carbocycles. The molecule has 7 nitrogen and oxygen atoms in total. The van der Waals surface area contributed by atoms with Gasteiger partial charge in [-0.1, -0.05) is 29.5 Å². The first-order valence-corrected chi connectivity index (χ1v) is 11.5. The predicted octanol–water partition coefficient (Wildman–Crippen LogP) is 3.96. The van der Waals surface area contributed by atoms with Crippen LogP contribution in [0.4, 0.5) is 15.2 Å². The third-order valence-electron chi connectivity index (χ3n) is 5.06. The molecule has 1 amide bonds. The van der Waals surface area contributed by atoms with Crippen LogP contribution >= 0.6 is 22.7 Å². The number of thiazole rings is 1. The van der Waals surface area contributed by atoms with Gasteiger partial charge in [0.15, 0.2) is 10.6 Å². The Morgan fingerprint density at radius 2 is 1.97 bits per heavy atom. The Morgan fingerprint density at radius 1 is 1.16 bits per heavy atom. The van der Waals surface area contributed by atoms with Crippen molar-refractivity contribution in [3.63, 3.8) is 0 Å². The van der Waals surface area contributed by atoms with Gasteiger partial charge in [-0.05, 0) is 36.4 Å². The number of rotatable bonds is 5. The Labute approximate surface area is 184 Å². The Balaban J connectivity index is 1.55. The van der Waals surface area contributed by atoms with Crippen LogP contribution in [0.15, 0.2) is 46.6 Å². The number of carbonyl (C=O) groups excluding carboxylic acids is 1. The molecule has 0 aliphatic carbocycles. The largest absolute Gasteiger partial charge is 0.348 e. The van der Waals surface area contributed by atoms with Gasteiger partial charge in [-0.25, -0.2) is 14.1 Å². The van der Waals surface area contributed by atoms with E-state index in [4.69, 9.17) is 0 Å². The van der Waals surface area contributed by atoms with E-state index >= 15 is 0 Å². The first kappa shape index (κ1) is 19.8. The monoisotopic (exact) mass is 455 g/mol. The normalized spacial score (nSPS) is 13.8. The number of para-hydroxylation sites is 1. The quantitative estimate of drug-likeness (QED) is 0.493. The summed E-state index contributed by atoms with van der Waals surface area (Å²) in [5, 5.41) is 9.74. The molecule has 4 heterocycles. The Kier molecular flexibility index (Phi) is 5.24. The molecule has 1 N–H and O–H groups in total. The second-order valence-corrected chi connectivity index (χ2v) is 9.11. The summed E-state index contributed by atoms with van der Waals surface area (Å²) in [7, 11) is 0. The number of aromatic nitrogens is 3. The highest BCUT2D eigenvalue weighted by atomic mass is 32.1. The molecule has 0 radical (unpaired) electrons. The first-order valence-electron chi connectivity index (χ1n) is 9.85. The molecule has 4 aromatic rings. The highest BCUT2D eigenvalue weighted by Gasteiger charge is 2.23. The van der Waals surface area contributed by atoms with Crippen LogP contribution in [0.1, 0.15) is 12.8 Å². The second kappa shape index (κ2) is 8.20. The number of carbonyl (C=O) groups is 1. The number of halogens is 1. The molecule has 158 valence electrons. The summed E-state index contributed by atoms with van der Waals surface area (Å²) in [5.41, 5.74) is 0.570. The van der Waals surface area contributed by atoms with Gasteiger partial charge in [0.2, 0.25) is 5.91 Å². The van der Waals surface area contributed by atoms with Crippen molar-refractivity contribution in [2.24, 2.45) is 0 Å². The van der Waals surface area contributed by atoms with Crippen molar-refractivity contribution in [1.82, 2.24) is 14.8 Å². The average molecular weight is 456 g/mol. The summed E-state index contributed by atoms with van der Waals surface area (Å²) in [4.78, 5) is 33.3. The fourth-order valence-electron chi connectivity index (χ4n) is 3.56. The van der Waals surface area contributed by atoms with Crippen molar-refractivity contribution in [3.05, 3.63) is 57.9 Å². The smallest absolute Gasteiger partial charge is 0.294 e. The van der Waals surface area contributed by atoms with E-state index in [1.54, 1.807) is 12.1 Å². The van der Waals surface area contributed by atoms with E-state index in [2.05, 4.69) is 20.3 Å². The van der Waals surface area contributed by atoms with Crippen LogP contribution in [0.3, 0.4) is 0 Å². The van der Waals surface area contributed by atoms with Crippen molar-refractivity contribution in [2.45, 2.75) is 19.4 Å². The van der Waals surface area contributed by atoms with Crippen LogP contribution in [0.25, 0.3) is 20.8 Å². The van der Waals surface area contributed by atoms with Gasteiger partial charge in [0, 0.05) is 13.1 Å². The van der Waals surface area contributed by atoms with Crippen LogP contribution < -0.4 is 15.8 Å². The number of hydrogen-bond acceptors (Lipinski definition) is 7. The molecule has 5 rings (SSSR count). The van der Waals surface area contributed by atoms with Gasteiger partial charge in [-0.3, -0.25) is 9.59 Å². The van der Waals surface area contributed by atoms with E-state index < -0.39 is 17.3 Å². The minimum absolute atomic E-state index is 0.0603. The molecule has 10 heteroatoms. The van der Waals surface area contributed by atoms with Gasteiger partial charge in [0.1, 0.15) is 18.1 Å². The lowest BCUT2D eigenvalue weighted by atomic mass is 10.3. The lowest BCUT2D eigenvalue weighted by Crippen LogP contribution is -2.30. The molecular formula is C21H18FN5O2S2. The third kappa shape index (κ3) is 3.84. The number of benzene rings is 1. The maximum atomic E-state index is 13.9. The van der Waals surface area contributed by atoms with E-state index in [9.17, 15) is 14.0 Å². The average Bonchev–Trinajstić information content (AvgIpc) is 3.53. The van der Waals surface area contributed by atoms with Crippen molar-refractivity contribution in [2.75, 3.05) is 23.3 Å². The molecule has 1 aromatic carbocycles. The molecule has 0 spiro atoms. The van der Waals surface area contributed by atoms with Crippen LogP contribution in [-0.2, 0) is 11.3 Å². The molecule has 3 aromatic heterocycles. The molecule has 0 atom stereocenters. The molecule has 0 bridgehead atoms. The summed E-state index contributed by atoms with van der Waals surface area (Å²) in [6.07, 6.45) is 2.21. The lowest BCUT2D eigenvalue weighted by molar-refractivity contribution is -0.117.